The first kappa shape index (κ1) is 19.1. The third-order valence-corrected chi connectivity index (χ3v) is 5.15. The molecule has 3 rings (SSSR count). The number of nitrogens with one attached hydrogen (secondary N) is 1. The summed E-state index contributed by atoms with van der Waals surface area (Å²) in [6, 6.07) is 21.5. The smallest absolute Gasteiger partial charge is 0.135 e. The van der Waals surface area contributed by atoms with E-state index in [-0.39, 0.29) is 0 Å². The molecule has 142 valence electrons. The fraction of sp³-hybridized carbons (Fsp3) is 0.318. The van der Waals surface area contributed by atoms with Crippen molar-refractivity contribution in [1.29, 1.82) is 0 Å². The van der Waals surface area contributed by atoms with Gasteiger partial charge in [0, 0.05) is 19.5 Å². The largest absolute Gasteiger partial charge is 0.322 e. The van der Waals surface area contributed by atoms with E-state index in [0.717, 1.165) is 45.3 Å². The van der Waals surface area contributed by atoms with Gasteiger partial charge in [0.2, 0.25) is 0 Å². The zero-order valence-corrected chi connectivity index (χ0v) is 15.8. The van der Waals surface area contributed by atoms with Crippen LogP contribution in [0.2, 0.25) is 0 Å². The fourth-order valence-electron chi connectivity index (χ4n) is 3.73. The van der Waals surface area contributed by atoms with E-state index in [1.807, 2.05) is 0 Å². The lowest BCUT2D eigenvalue weighted by Gasteiger charge is -2.30. The lowest BCUT2D eigenvalue weighted by Crippen LogP contribution is -2.34. The second-order valence-electron chi connectivity index (χ2n) is 6.88. The van der Waals surface area contributed by atoms with E-state index in [2.05, 4.69) is 76.1 Å². The Balaban J connectivity index is 1.69. The van der Waals surface area contributed by atoms with E-state index >= 15 is 0 Å². The lowest BCUT2D eigenvalue weighted by atomic mass is 9.88. The summed E-state index contributed by atoms with van der Waals surface area (Å²) in [5.41, 5.74) is 8.12. The van der Waals surface area contributed by atoms with Crippen molar-refractivity contribution in [3.05, 3.63) is 77.4 Å². The molecule has 1 aliphatic heterocycles. The Morgan fingerprint density at radius 1 is 0.926 bits per heavy atom. The van der Waals surface area contributed by atoms with E-state index < -0.39 is 0 Å². The molecule has 0 radical (unpaired) electrons. The van der Waals surface area contributed by atoms with E-state index in [1.165, 1.54) is 16.7 Å². The Hall–Kier alpha value is -2.63. The number of hydrazine groups is 1. The van der Waals surface area contributed by atoms with Crippen LogP contribution < -0.4 is 17.1 Å². The van der Waals surface area contributed by atoms with Crippen molar-refractivity contribution >= 4 is 11.4 Å². The number of amidine groups is 1. The summed E-state index contributed by atoms with van der Waals surface area (Å²) in [5, 5.41) is 3.65. The molecule has 0 aliphatic carbocycles. The summed E-state index contributed by atoms with van der Waals surface area (Å²) >= 11 is 0. The molecule has 5 nitrogen and oxygen atoms in total. The second kappa shape index (κ2) is 9.90. The van der Waals surface area contributed by atoms with Gasteiger partial charge in [0.25, 0.3) is 0 Å². The lowest BCUT2D eigenvalue weighted by molar-refractivity contribution is 0.255. The van der Waals surface area contributed by atoms with E-state index in [0.29, 0.717) is 5.84 Å². The van der Waals surface area contributed by atoms with Crippen LogP contribution in [-0.4, -0.2) is 30.4 Å². The van der Waals surface area contributed by atoms with Gasteiger partial charge in [-0.15, -0.1) is 0 Å². The van der Waals surface area contributed by atoms with Crippen molar-refractivity contribution in [3.63, 3.8) is 0 Å². The van der Waals surface area contributed by atoms with Crippen LogP contribution in [0.4, 0.5) is 0 Å². The molecule has 2 aromatic rings. The topological polar surface area (TPSA) is 79.7 Å². The van der Waals surface area contributed by atoms with E-state index in [4.69, 9.17) is 11.7 Å². The van der Waals surface area contributed by atoms with Crippen molar-refractivity contribution in [3.8, 4) is 0 Å². The highest BCUT2D eigenvalue weighted by molar-refractivity contribution is 5.82. The Labute approximate surface area is 161 Å². The SMILES string of the molecule is N/N=C(/CCCN1CCC(=C(c2ccccc2)c2ccccc2)CC1)NN. The van der Waals surface area contributed by atoms with Crippen LogP contribution >= 0.6 is 0 Å². The molecule has 27 heavy (non-hydrogen) atoms. The van der Waals surface area contributed by atoms with Crippen molar-refractivity contribution in [2.75, 3.05) is 19.6 Å². The van der Waals surface area contributed by atoms with Gasteiger partial charge in [0.05, 0.1) is 0 Å². The molecule has 5 N–H and O–H groups in total. The molecule has 1 saturated heterocycles. The van der Waals surface area contributed by atoms with E-state index in [1.54, 1.807) is 5.57 Å². The number of piperidine rings is 1. The highest BCUT2D eigenvalue weighted by Gasteiger charge is 2.18. The minimum absolute atomic E-state index is 0.656. The number of benzene rings is 2. The van der Waals surface area contributed by atoms with Gasteiger partial charge in [-0.05, 0) is 42.5 Å². The molecule has 0 amide bonds. The molecule has 0 saturated carbocycles. The molecule has 1 aliphatic rings. The van der Waals surface area contributed by atoms with Crippen LogP contribution in [0.1, 0.15) is 36.8 Å². The van der Waals surface area contributed by atoms with Gasteiger partial charge in [-0.1, -0.05) is 66.2 Å². The minimum atomic E-state index is 0.656. The summed E-state index contributed by atoms with van der Waals surface area (Å²) in [5.74, 6) is 11.3. The summed E-state index contributed by atoms with van der Waals surface area (Å²) in [6.07, 6.45) is 3.99. The summed E-state index contributed by atoms with van der Waals surface area (Å²) < 4.78 is 0. The molecule has 0 bridgehead atoms. The zero-order chi connectivity index (χ0) is 18.9. The molecule has 0 aromatic heterocycles. The molecule has 1 fully saturated rings. The van der Waals surface area contributed by atoms with Crippen molar-refractivity contribution in [2.45, 2.75) is 25.7 Å². The molecular formula is C22H29N5. The summed E-state index contributed by atoms with van der Waals surface area (Å²) in [6.45, 7) is 3.22. The fourth-order valence-corrected chi connectivity index (χ4v) is 3.73. The van der Waals surface area contributed by atoms with Gasteiger partial charge in [-0.2, -0.15) is 5.10 Å². The molecule has 2 aromatic carbocycles. The van der Waals surface area contributed by atoms with Gasteiger partial charge in [-0.3, -0.25) is 0 Å². The van der Waals surface area contributed by atoms with Crippen LogP contribution in [0.15, 0.2) is 71.3 Å². The molecular weight excluding hydrogens is 334 g/mol. The first-order valence-corrected chi connectivity index (χ1v) is 9.60. The zero-order valence-electron chi connectivity index (χ0n) is 15.8. The highest BCUT2D eigenvalue weighted by atomic mass is 15.3. The number of rotatable bonds is 6. The van der Waals surface area contributed by atoms with Crippen molar-refractivity contribution in [2.24, 2.45) is 16.8 Å². The summed E-state index contributed by atoms with van der Waals surface area (Å²) in [7, 11) is 0. The molecule has 0 atom stereocenters. The average molecular weight is 364 g/mol. The molecule has 5 heteroatoms. The Bertz CT molecular complexity index is 716. The minimum Gasteiger partial charge on any atom is -0.322 e. The highest BCUT2D eigenvalue weighted by Crippen LogP contribution is 2.32. The number of likely N-dealkylation sites (tertiary alicyclic amines) is 1. The maximum Gasteiger partial charge on any atom is 0.135 e. The third-order valence-electron chi connectivity index (χ3n) is 5.15. The number of hydrogen-bond donors (Lipinski definition) is 3. The molecule has 0 spiro atoms. The molecule has 1 heterocycles. The van der Waals surface area contributed by atoms with Crippen LogP contribution in [0, 0.1) is 0 Å². The number of nitrogens with zero attached hydrogens (tertiary/aromatic N) is 2. The number of hydrogen-bond acceptors (Lipinski definition) is 4. The first-order valence-electron chi connectivity index (χ1n) is 9.60. The monoisotopic (exact) mass is 363 g/mol. The van der Waals surface area contributed by atoms with Gasteiger partial charge in [0.15, 0.2) is 0 Å². The maximum atomic E-state index is 5.38. The second-order valence-corrected chi connectivity index (χ2v) is 6.88. The summed E-state index contributed by atoms with van der Waals surface area (Å²) in [4.78, 5) is 2.52. The average Bonchev–Trinajstić information content (AvgIpc) is 2.74. The van der Waals surface area contributed by atoms with Gasteiger partial charge in [0.1, 0.15) is 5.84 Å². The van der Waals surface area contributed by atoms with Gasteiger partial charge >= 0.3 is 0 Å². The normalized spacial score (nSPS) is 15.6. The van der Waals surface area contributed by atoms with Gasteiger partial charge < -0.3 is 16.2 Å². The quantitative estimate of drug-likeness (QED) is 0.319. The first-order chi connectivity index (χ1) is 13.3. The van der Waals surface area contributed by atoms with Crippen molar-refractivity contribution in [1.82, 2.24) is 10.3 Å². The maximum absolute atomic E-state index is 5.38. The van der Waals surface area contributed by atoms with E-state index in [9.17, 15) is 0 Å². The van der Waals surface area contributed by atoms with Crippen LogP contribution in [0.3, 0.4) is 0 Å². The Morgan fingerprint density at radius 2 is 1.48 bits per heavy atom. The number of hydrazone groups is 1. The van der Waals surface area contributed by atoms with Crippen LogP contribution in [0.5, 0.6) is 0 Å². The van der Waals surface area contributed by atoms with Crippen LogP contribution in [-0.2, 0) is 0 Å². The predicted octanol–water partition coefficient (Wildman–Crippen LogP) is 3.10. The van der Waals surface area contributed by atoms with Crippen LogP contribution in [0.25, 0.3) is 5.57 Å². The number of nitrogens with two attached hydrogens (primary N) is 2. The standard InChI is InChI=1S/C22H29N5/c23-25-21(26-24)12-7-15-27-16-13-20(14-17-27)22(18-8-3-1-4-9-18)19-10-5-2-6-11-19/h1-6,8-11H,7,12-17,23-24H2,(H,25,26). The Kier molecular flexibility index (Phi) is 7.02. The Morgan fingerprint density at radius 3 is 1.96 bits per heavy atom. The van der Waals surface area contributed by atoms with Gasteiger partial charge in [-0.25, -0.2) is 5.84 Å². The third kappa shape index (κ3) is 5.18. The van der Waals surface area contributed by atoms with Crippen molar-refractivity contribution < 1.29 is 0 Å². The predicted molar refractivity (Wildman–Crippen MR) is 113 cm³/mol. The molecule has 0 unspecified atom stereocenters.